The molecule has 0 saturated carbocycles. The highest BCUT2D eigenvalue weighted by Crippen LogP contribution is 2.09. The van der Waals surface area contributed by atoms with Gasteiger partial charge in [-0.25, -0.2) is 0 Å². The van der Waals surface area contributed by atoms with Gasteiger partial charge < -0.3 is 14.6 Å². The van der Waals surface area contributed by atoms with Crippen molar-refractivity contribution in [3.8, 4) is 0 Å². The Labute approximate surface area is 282 Å². The molecular weight excluding hydrogens is 572 g/mol. The normalized spacial score (nSPS) is 13.2. The van der Waals surface area contributed by atoms with Crippen molar-refractivity contribution in [3.05, 3.63) is 85.1 Å². The van der Waals surface area contributed by atoms with Crippen LogP contribution in [0.1, 0.15) is 142 Å². The zero-order valence-electron chi connectivity index (χ0n) is 29.3. The first-order valence-corrected chi connectivity index (χ1v) is 18.1. The first-order chi connectivity index (χ1) is 22.6. The van der Waals surface area contributed by atoms with Crippen molar-refractivity contribution < 1.29 is 24.2 Å². The van der Waals surface area contributed by atoms with Crippen LogP contribution in [0.4, 0.5) is 0 Å². The molecule has 0 aromatic carbocycles. The van der Waals surface area contributed by atoms with Crippen molar-refractivity contribution in [1.82, 2.24) is 0 Å². The van der Waals surface area contributed by atoms with E-state index >= 15 is 0 Å². The Morgan fingerprint density at radius 1 is 0.522 bits per heavy atom. The second-order valence-electron chi connectivity index (χ2n) is 11.6. The van der Waals surface area contributed by atoms with E-state index < -0.39 is 6.10 Å². The van der Waals surface area contributed by atoms with Gasteiger partial charge in [0, 0.05) is 12.8 Å². The Morgan fingerprint density at radius 2 is 0.935 bits per heavy atom. The largest absolute Gasteiger partial charge is 0.462 e. The standard InChI is InChI=1S/C41H66O5/c1-3-5-7-9-11-13-15-17-19-20-22-23-25-27-29-31-33-35-40(43)45-38-39(37-42)46-41(44)36-34-32-30-28-26-24-21-18-16-14-12-10-8-6-4-2/h6,8,11-14,17-19,21-23,26,28,39,42H,3-5,7,9-10,15-16,20,24-25,27,29-38H2,1-2H3/t39-/m0/s1. The molecule has 5 heteroatoms. The third-order valence-corrected chi connectivity index (χ3v) is 7.17. The Hall–Kier alpha value is -2.92. The number of hydrogen-bond acceptors (Lipinski definition) is 5. The van der Waals surface area contributed by atoms with E-state index in [-0.39, 0.29) is 25.2 Å². The average molecular weight is 639 g/mol. The van der Waals surface area contributed by atoms with Gasteiger partial charge in [0.15, 0.2) is 6.10 Å². The van der Waals surface area contributed by atoms with E-state index in [1.54, 1.807) is 0 Å². The van der Waals surface area contributed by atoms with Gasteiger partial charge in [0.1, 0.15) is 6.61 Å². The van der Waals surface area contributed by atoms with E-state index in [1.165, 1.54) is 25.7 Å². The molecule has 0 radical (unpaired) electrons. The summed E-state index contributed by atoms with van der Waals surface area (Å²) in [7, 11) is 0. The second kappa shape index (κ2) is 36.5. The number of hydrogen-bond donors (Lipinski definition) is 1. The Balaban J connectivity index is 3.73. The molecule has 0 aliphatic carbocycles. The quantitative estimate of drug-likeness (QED) is 0.0465. The lowest BCUT2D eigenvalue weighted by Crippen LogP contribution is -2.28. The second-order valence-corrected chi connectivity index (χ2v) is 11.6. The van der Waals surface area contributed by atoms with Crippen LogP contribution in [-0.2, 0) is 19.1 Å². The number of unbranched alkanes of at least 4 members (excludes halogenated alkanes) is 9. The van der Waals surface area contributed by atoms with Crippen LogP contribution in [0, 0.1) is 0 Å². The summed E-state index contributed by atoms with van der Waals surface area (Å²) in [4.78, 5) is 24.2. The molecule has 0 fully saturated rings. The summed E-state index contributed by atoms with van der Waals surface area (Å²) in [6.45, 7) is 3.91. The summed E-state index contributed by atoms with van der Waals surface area (Å²) in [5.41, 5.74) is 0. The van der Waals surface area contributed by atoms with Crippen LogP contribution in [-0.4, -0.2) is 36.4 Å². The minimum absolute atomic E-state index is 0.0997. The fourth-order valence-electron chi connectivity index (χ4n) is 4.43. The highest BCUT2D eigenvalue weighted by molar-refractivity contribution is 5.70. The molecule has 0 aliphatic rings. The highest BCUT2D eigenvalue weighted by Gasteiger charge is 2.15. The molecule has 0 bridgehead atoms. The van der Waals surface area contributed by atoms with Gasteiger partial charge in [0.05, 0.1) is 6.61 Å². The molecule has 0 amide bonds. The molecule has 1 atom stereocenters. The minimum Gasteiger partial charge on any atom is -0.462 e. The third kappa shape index (κ3) is 34.0. The number of esters is 2. The van der Waals surface area contributed by atoms with Gasteiger partial charge in [0.25, 0.3) is 0 Å². The molecule has 46 heavy (non-hydrogen) atoms. The number of carbonyl (C=O) groups excluding carboxylic acids is 2. The summed E-state index contributed by atoms with van der Waals surface area (Å²) in [6.07, 6.45) is 49.2. The maximum atomic E-state index is 12.1. The van der Waals surface area contributed by atoms with Crippen molar-refractivity contribution in [2.75, 3.05) is 13.2 Å². The average Bonchev–Trinajstić information content (AvgIpc) is 3.06. The van der Waals surface area contributed by atoms with Gasteiger partial charge in [-0.1, -0.05) is 125 Å². The molecule has 0 aromatic heterocycles. The van der Waals surface area contributed by atoms with E-state index in [0.29, 0.717) is 12.8 Å². The number of allylic oxidation sites excluding steroid dienone is 14. The van der Waals surface area contributed by atoms with Crippen LogP contribution in [0.15, 0.2) is 85.1 Å². The summed E-state index contributed by atoms with van der Waals surface area (Å²) < 4.78 is 10.5. The first kappa shape index (κ1) is 43.1. The van der Waals surface area contributed by atoms with Crippen LogP contribution in [0.3, 0.4) is 0 Å². The molecule has 0 spiro atoms. The van der Waals surface area contributed by atoms with Crippen LogP contribution in [0.2, 0.25) is 0 Å². The highest BCUT2D eigenvalue weighted by atomic mass is 16.6. The predicted molar refractivity (Wildman–Crippen MR) is 196 cm³/mol. The number of ether oxygens (including phenoxy) is 2. The van der Waals surface area contributed by atoms with Gasteiger partial charge in [-0.2, -0.15) is 0 Å². The molecule has 0 aromatic rings. The van der Waals surface area contributed by atoms with Crippen LogP contribution in [0.5, 0.6) is 0 Å². The molecule has 0 rings (SSSR count). The molecule has 260 valence electrons. The zero-order chi connectivity index (χ0) is 33.6. The fraction of sp³-hybridized carbons (Fsp3) is 0.610. The molecule has 0 saturated heterocycles. The van der Waals surface area contributed by atoms with Crippen molar-refractivity contribution in [2.24, 2.45) is 0 Å². The molecule has 1 N–H and O–H groups in total. The number of carbonyl (C=O) groups is 2. The Bertz CT molecular complexity index is 906. The third-order valence-electron chi connectivity index (χ3n) is 7.17. The summed E-state index contributed by atoms with van der Waals surface area (Å²) in [6, 6.07) is 0. The topological polar surface area (TPSA) is 72.8 Å². The van der Waals surface area contributed by atoms with Gasteiger partial charge in [-0.3, -0.25) is 9.59 Å². The lowest BCUT2D eigenvalue weighted by atomic mass is 10.1. The van der Waals surface area contributed by atoms with Gasteiger partial charge in [-0.15, -0.1) is 0 Å². The van der Waals surface area contributed by atoms with E-state index in [2.05, 4.69) is 98.9 Å². The smallest absolute Gasteiger partial charge is 0.306 e. The number of rotatable bonds is 31. The maximum Gasteiger partial charge on any atom is 0.306 e. The first-order valence-electron chi connectivity index (χ1n) is 18.1. The van der Waals surface area contributed by atoms with Gasteiger partial charge in [0.2, 0.25) is 0 Å². The zero-order valence-corrected chi connectivity index (χ0v) is 29.3. The summed E-state index contributed by atoms with van der Waals surface area (Å²) in [5.74, 6) is -0.675. The lowest BCUT2D eigenvalue weighted by Gasteiger charge is -2.15. The molecular formula is C41H66O5. The number of aliphatic hydroxyl groups excluding tert-OH is 1. The molecule has 0 unspecified atom stereocenters. The Morgan fingerprint density at radius 3 is 1.43 bits per heavy atom. The van der Waals surface area contributed by atoms with E-state index in [0.717, 1.165) is 89.9 Å². The van der Waals surface area contributed by atoms with Crippen molar-refractivity contribution in [1.29, 1.82) is 0 Å². The van der Waals surface area contributed by atoms with Crippen molar-refractivity contribution in [3.63, 3.8) is 0 Å². The monoisotopic (exact) mass is 638 g/mol. The van der Waals surface area contributed by atoms with Crippen molar-refractivity contribution >= 4 is 11.9 Å². The molecule has 0 aliphatic heterocycles. The van der Waals surface area contributed by atoms with E-state index in [1.807, 2.05) is 0 Å². The minimum atomic E-state index is -0.806. The summed E-state index contributed by atoms with van der Waals surface area (Å²) >= 11 is 0. The van der Waals surface area contributed by atoms with Crippen LogP contribution < -0.4 is 0 Å². The van der Waals surface area contributed by atoms with Crippen molar-refractivity contribution in [2.45, 2.75) is 148 Å². The SMILES string of the molecule is CCC=CCC=CCC=CCC=CCCCCC(=O)O[C@@H](CO)COC(=O)CCCCCCC=CCC=CCC=CCCCCC. The maximum absolute atomic E-state index is 12.1. The molecule has 0 heterocycles. The van der Waals surface area contributed by atoms with Gasteiger partial charge in [-0.05, 0) is 89.9 Å². The lowest BCUT2D eigenvalue weighted by molar-refractivity contribution is -0.161. The van der Waals surface area contributed by atoms with Gasteiger partial charge >= 0.3 is 11.9 Å². The molecule has 5 nitrogen and oxygen atoms in total. The summed E-state index contributed by atoms with van der Waals surface area (Å²) in [5, 5.41) is 9.52. The van der Waals surface area contributed by atoms with E-state index in [4.69, 9.17) is 9.47 Å². The van der Waals surface area contributed by atoms with E-state index in [9.17, 15) is 14.7 Å². The predicted octanol–water partition coefficient (Wildman–Crippen LogP) is 11.2. The number of aliphatic hydroxyl groups is 1. The van der Waals surface area contributed by atoms with Crippen LogP contribution >= 0.6 is 0 Å². The fourth-order valence-corrected chi connectivity index (χ4v) is 4.43. The Kier molecular flexibility index (Phi) is 34.2. The van der Waals surface area contributed by atoms with Crippen LogP contribution in [0.25, 0.3) is 0 Å².